The van der Waals surface area contributed by atoms with Gasteiger partial charge < -0.3 is 19.7 Å². The van der Waals surface area contributed by atoms with Gasteiger partial charge in [0.15, 0.2) is 5.67 Å². The Labute approximate surface area is 226 Å². The second-order valence-electron chi connectivity index (χ2n) is 9.69. The van der Waals surface area contributed by atoms with Gasteiger partial charge in [-0.15, -0.1) is 0 Å². The predicted molar refractivity (Wildman–Crippen MR) is 125 cm³/mol. The number of carbonyl (C=O) groups excluding carboxylic acids is 1. The first-order chi connectivity index (χ1) is 18.0. The van der Waals surface area contributed by atoms with E-state index < -0.39 is 63.4 Å². The summed E-state index contributed by atoms with van der Waals surface area (Å²) < 4.78 is 98.4. The van der Waals surface area contributed by atoms with Crippen molar-refractivity contribution in [3.63, 3.8) is 0 Å². The number of nitrogens with zero attached hydrogens (tertiary/aromatic N) is 3. The molecule has 2 saturated heterocycles. The Kier molecular flexibility index (Phi) is 6.51. The molecule has 5 rings (SSSR count). The average molecular weight is 600 g/mol. The van der Waals surface area contributed by atoms with E-state index in [0.29, 0.717) is 6.07 Å². The molecule has 1 unspecified atom stereocenters. The summed E-state index contributed by atoms with van der Waals surface area (Å²) in [5, 5.41) is 11.2. The number of likely N-dealkylation sites (tertiary alicyclic amines) is 2. The third kappa shape index (κ3) is 4.67. The summed E-state index contributed by atoms with van der Waals surface area (Å²) in [5.74, 6) is 0. The number of rotatable bonds is 3. The molecule has 0 saturated carbocycles. The quantitative estimate of drug-likeness (QED) is 0.449. The summed E-state index contributed by atoms with van der Waals surface area (Å²) in [6.45, 7) is -0.130. The van der Waals surface area contributed by atoms with E-state index in [1.807, 2.05) is 0 Å². The zero-order valence-corrected chi connectivity index (χ0v) is 21.1. The molecule has 6 nitrogen and oxygen atoms in total. The van der Waals surface area contributed by atoms with Crippen molar-refractivity contribution in [2.75, 3.05) is 26.2 Å². The molecule has 2 aromatic carbocycles. The van der Waals surface area contributed by atoms with E-state index in [2.05, 4.69) is 5.16 Å². The molecule has 0 spiro atoms. The number of oxime groups is 1. The molecule has 1 atom stereocenters. The lowest BCUT2D eigenvalue weighted by atomic mass is 9.84. The number of aliphatic hydroxyl groups is 1. The Hall–Kier alpha value is -2.77. The fraction of sp³-hybridized carbons (Fsp3) is 0.417. The van der Waals surface area contributed by atoms with E-state index in [-0.39, 0.29) is 49.1 Å². The summed E-state index contributed by atoms with van der Waals surface area (Å²) >= 11 is 11.3. The smallest absolute Gasteiger partial charge is 0.389 e. The van der Waals surface area contributed by atoms with Crippen molar-refractivity contribution in [1.29, 1.82) is 0 Å². The van der Waals surface area contributed by atoms with Crippen molar-refractivity contribution in [1.82, 2.24) is 9.80 Å². The average Bonchev–Trinajstić information content (AvgIpc) is 3.28. The molecule has 2 aromatic rings. The third-order valence-corrected chi connectivity index (χ3v) is 7.81. The van der Waals surface area contributed by atoms with Gasteiger partial charge in [-0.2, -0.15) is 26.3 Å². The maximum atomic E-state index is 15.3. The lowest BCUT2D eigenvalue weighted by molar-refractivity contribution is -0.276. The molecule has 0 radical (unpaired) electrons. The Morgan fingerprint density at radius 2 is 1.62 bits per heavy atom. The minimum Gasteiger partial charge on any atom is -0.389 e. The molecule has 3 aliphatic rings. The number of halogens is 9. The lowest BCUT2D eigenvalue weighted by Crippen LogP contribution is -2.65. The van der Waals surface area contributed by atoms with Gasteiger partial charge in [0.2, 0.25) is 0 Å². The molecule has 1 N–H and O–H groups in total. The number of hydrogen-bond donors (Lipinski definition) is 1. The molecular weight excluding hydrogens is 582 g/mol. The van der Waals surface area contributed by atoms with Crippen molar-refractivity contribution in [2.45, 2.75) is 36.1 Å². The van der Waals surface area contributed by atoms with Crippen LogP contribution in [-0.2, 0) is 22.3 Å². The molecule has 0 aliphatic carbocycles. The maximum absolute atomic E-state index is 15.3. The van der Waals surface area contributed by atoms with E-state index in [9.17, 15) is 36.2 Å². The van der Waals surface area contributed by atoms with E-state index in [1.165, 1.54) is 34.1 Å². The highest BCUT2D eigenvalue weighted by Gasteiger charge is 2.63. The van der Waals surface area contributed by atoms with Crippen LogP contribution in [0.5, 0.6) is 0 Å². The van der Waals surface area contributed by atoms with Crippen LogP contribution in [0.25, 0.3) is 0 Å². The topological polar surface area (TPSA) is 65.4 Å². The van der Waals surface area contributed by atoms with Crippen LogP contribution in [0.4, 0.5) is 35.5 Å². The molecule has 39 heavy (non-hydrogen) atoms. The Balaban J connectivity index is 1.35. The SMILES string of the molecule is O=C(N1CC(O)C1)N1CC(F)(c2ccc(C3=NOC(c4cc(Cl)c(Cl)c(C(F)(F)F)c4)(C(F)(F)F)C3)cc2)C1. The van der Waals surface area contributed by atoms with Crippen molar-refractivity contribution < 1.29 is 45.5 Å². The second-order valence-corrected chi connectivity index (χ2v) is 10.5. The number of β-amino-alcohol motifs (C(OH)–C–C–N with tert-alkyl or cyclic N) is 1. The molecular formula is C24H18Cl2F7N3O3. The summed E-state index contributed by atoms with van der Waals surface area (Å²) in [7, 11) is 0. The number of amides is 2. The van der Waals surface area contributed by atoms with Gasteiger partial charge in [-0.1, -0.05) is 52.6 Å². The zero-order chi connectivity index (χ0) is 28.5. The first-order valence-electron chi connectivity index (χ1n) is 11.4. The van der Waals surface area contributed by atoms with Crippen LogP contribution in [0.3, 0.4) is 0 Å². The van der Waals surface area contributed by atoms with E-state index in [0.717, 1.165) is 0 Å². The minimum atomic E-state index is -5.20. The van der Waals surface area contributed by atoms with Gasteiger partial charge in [-0.05, 0) is 23.3 Å². The molecule has 2 fully saturated rings. The van der Waals surface area contributed by atoms with Gasteiger partial charge in [-0.3, -0.25) is 0 Å². The first kappa shape index (κ1) is 27.8. The lowest BCUT2D eigenvalue weighted by Gasteiger charge is -2.48. The highest BCUT2D eigenvalue weighted by atomic mass is 35.5. The first-order valence-corrected chi connectivity index (χ1v) is 12.2. The van der Waals surface area contributed by atoms with Crippen LogP contribution in [0, 0.1) is 0 Å². The van der Waals surface area contributed by atoms with Crippen LogP contribution in [0.15, 0.2) is 41.6 Å². The summed E-state index contributed by atoms with van der Waals surface area (Å²) in [4.78, 5) is 19.7. The van der Waals surface area contributed by atoms with Crippen LogP contribution in [0.1, 0.15) is 28.7 Å². The number of alkyl halides is 7. The van der Waals surface area contributed by atoms with Crippen molar-refractivity contribution in [3.8, 4) is 0 Å². The second kappa shape index (κ2) is 9.13. The number of aliphatic hydroxyl groups excluding tert-OH is 1. The summed E-state index contributed by atoms with van der Waals surface area (Å²) in [5.41, 5.74) is -7.54. The van der Waals surface area contributed by atoms with Crippen molar-refractivity contribution in [3.05, 3.63) is 68.7 Å². The Morgan fingerprint density at radius 1 is 1.00 bits per heavy atom. The van der Waals surface area contributed by atoms with Crippen LogP contribution < -0.4 is 0 Å². The fourth-order valence-corrected chi connectivity index (χ4v) is 5.17. The number of carbonyl (C=O) groups is 1. The normalized spacial score (nSPS) is 23.2. The van der Waals surface area contributed by atoms with Crippen LogP contribution in [-0.4, -0.2) is 65.1 Å². The Bertz CT molecular complexity index is 1340. The minimum absolute atomic E-state index is 0.131. The summed E-state index contributed by atoms with van der Waals surface area (Å²) in [6, 6.07) is 5.80. The van der Waals surface area contributed by atoms with E-state index in [1.54, 1.807) is 0 Å². The number of hydrogen-bond acceptors (Lipinski definition) is 4. The van der Waals surface area contributed by atoms with Gasteiger partial charge >= 0.3 is 18.4 Å². The molecule has 3 heterocycles. The van der Waals surface area contributed by atoms with Gasteiger partial charge in [0.1, 0.15) is 0 Å². The maximum Gasteiger partial charge on any atom is 0.435 e. The molecule has 15 heteroatoms. The number of benzene rings is 2. The van der Waals surface area contributed by atoms with Gasteiger partial charge in [0.25, 0.3) is 5.60 Å². The highest BCUT2D eigenvalue weighted by molar-refractivity contribution is 6.42. The fourth-order valence-electron chi connectivity index (χ4n) is 4.74. The largest absolute Gasteiger partial charge is 0.435 e. The third-order valence-electron chi connectivity index (χ3n) is 7.01. The Morgan fingerprint density at radius 3 is 2.15 bits per heavy atom. The number of urea groups is 1. The predicted octanol–water partition coefficient (Wildman–Crippen LogP) is 5.87. The molecule has 0 bridgehead atoms. The van der Waals surface area contributed by atoms with E-state index in [4.69, 9.17) is 28.0 Å². The van der Waals surface area contributed by atoms with Crippen LogP contribution >= 0.6 is 23.2 Å². The summed E-state index contributed by atoms with van der Waals surface area (Å²) in [6.07, 6.45) is -11.9. The van der Waals surface area contributed by atoms with Crippen molar-refractivity contribution in [2.24, 2.45) is 5.16 Å². The zero-order valence-electron chi connectivity index (χ0n) is 19.6. The van der Waals surface area contributed by atoms with E-state index >= 15 is 4.39 Å². The van der Waals surface area contributed by atoms with Gasteiger partial charge in [-0.25, -0.2) is 9.18 Å². The molecule has 2 amide bonds. The molecule has 210 valence electrons. The molecule has 3 aliphatic heterocycles. The van der Waals surface area contributed by atoms with Crippen LogP contribution in [0.2, 0.25) is 10.0 Å². The van der Waals surface area contributed by atoms with Gasteiger partial charge in [0, 0.05) is 12.0 Å². The molecule has 0 aromatic heterocycles. The van der Waals surface area contributed by atoms with Crippen molar-refractivity contribution >= 4 is 34.9 Å². The standard InChI is InChI=1S/C24H18Cl2F7N3O3/c25-17-6-14(5-16(19(17)26)23(28,29)30)22(24(31,32)33)7-18(34-39-22)12-1-3-13(4-2-12)21(27)10-36(11-21)20(38)35-8-15(37)9-35/h1-6,15,37H,7-11H2. The highest BCUT2D eigenvalue weighted by Crippen LogP contribution is 2.51. The van der Waals surface area contributed by atoms with Gasteiger partial charge in [0.05, 0.1) is 53.6 Å². The monoisotopic (exact) mass is 599 g/mol.